The molecule has 0 atom stereocenters. The SMILES string of the molecule is CN(C)S(=O)(=O)c1ccccc1N(CC(=O)N1CCOCC1)S(C)(=O)=O. The summed E-state index contributed by atoms with van der Waals surface area (Å²) in [7, 11) is -5.07. The van der Waals surface area contributed by atoms with Crippen molar-refractivity contribution in [1.82, 2.24) is 9.21 Å². The van der Waals surface area contributed by atoms with Crippen molar-refractivity contribution >= 4 is 31.6 Å². The second-order valence-corrected chi connectivity index (χ2v) is 10.0. The molecular formula is C15H23N3O6S2. The van der Waals surface area contributed by atoms with Gasteiger partial charge in [-0.2, -0.15) is 0 Å². The van der Waals surface area contributed by atoms with Crippen molar-refractivity contribution in [3.63, 3.8) is 0 Å². The Morgan fingerprint density at radius 3 is 2.23 bits per heavy atom. The highest BCUT2D eigenvalue weighted by Gasteiger charge is 2.30. The van der Waals surface area contributed by atoms with Gasteiger partial charge in [0.15, 0.2) is 0 Å². The van der Waals surface area contributed by atoms with Gasteiger partial charge < -0.3 is 9.64 Å². The average Bonchev–Trinajstić information content (AvgIpc) is 2.59. The van der Waals surface area contributed by atoms with Crippen LogP contribution >= 0.6 is 0 Å². The summed E-state index contributed by atoms with van der Waals surface area (Å²) in [5.41, 5.74) is -0.0506. The number of hydrogen-bond acceptors (Lipinski definition) is 6. The molecular weight excluding hydrogens is 382 g/mol. The topological polar surface area (TPSA) is 104 Å². The Balaban J connectivity index is 2.45. The van der Waals surface area contributed by atoms with Gasteiger partial charge in [-0.3, -0.25) is 9.10 Å². The Bertz CT molecular complexity index is 861. The molecule has 11 heteroatoms. The fraction of sp³-hybridized carbons (Fsp3) is 0.533. The Morgan fingerprint density at radius 2 is 1.69 bits per heavy atom. The van der Waals surface area contributed by atoms with E-state index in [9.17, 15) is 21.6 Å². The molecule has 146 valence electrons. The molecule has 1 amide bonds. The maximum atomic E-state index is 12.6. The summed E-state index contributed by atoms with van der Waals surface area (Å²) in [6.07, 6.45) is 0.943. The number of benzene rings is 1. The lowest BCUT2D eigenvalue weighted by atomic mass is 10.3. The van der Waals surface area contributed by atoms with Crippen molar-refractivity contribution in [3.8, 4) is 0 Å². The maximum Gasteiger partial charge on any atom is 0.244 e. The second-order valence-electron chi connectivity index (χ2n) is 6.02. The van der Waals surface area contributed by atoms with Gasteiger partial charge in [-0.25, -0.2) is 21.1 Å². The van der Waals surface area contributed by atoms with Crippen molar-refractivity contribution in [2.45, 2.75) is 4.90 Å². The maximum absolute atomic E-state index is 12.6. The van der Waals surface area contributed by atoms with E-state index in [1.807, 2.05) is 0 Å². The summed E-state index contributed by atoms with van der Waals surface area (Å²) in [4.78, 5) is 13.9. The monoisotopic (exact) mass is 405 g/mol. The fourth-order valence-corrected chi connectivity index (χ4v) is 4.50. The van der Waals surface area contributed by atoms with Crippen LogP contribution in [-0.2, 0) is 29.6 Å². The zero-order valence-corrected chi connectivity index (χ0v) is 16.6. The van der Waals surface area contributed by atoms with E-state index in [0.29, 0.717) is 26.3 Å². The lowest BCUT2D eigenvalue weighted by molar-refractivity contribution is -0.133. The van der Waals surface area contributed by atoms with Gasteiger partial charge in [0.05, 0.1) is 25.2 Å². The van der Waals surface area contributed by atoms with Crippen LogP contribution in [0.1, 0.15) is 0 Å². The van der Waals surface area contributed by atoms with Crippen LogP contribution in [0.15, 0.2) is 29.2 Å². The molecule has 1 aliphatic rings. The third-order valence-corrected chi connectivity index (χ3v) is 6.92. The minimum absolute atomic E-state index is 0.0506. The second kappa shape index (κ2) is 7.91. The van der Waals surface area contributed by atoms with E-state index in [2.05, 4.69) is 0 Å². The van der Waals surface area contributed by atoms with Crippen LogP contribution in [0.2, 0.25) is 0 Å². The van der Waals surface area contributed by atoms with Crippen molar-refractivity contribution in [3.05, 3.63) is 24.3 Å². The quantitative estimate of drug-likeness (QED) is 0.636. The lowest BCUT2D eigenvalue weighted by Crippen LogP contribution is -2.47. The van der Waals surface area contributed by atoms with Gasteiger partial charge in [-0.15, -0.1) is 0 Å². The number of amides is 1. The van der Waals surface area contributed by atoms with E-state index in [1.165, 1.54) is 43.3 Å². The average molecular weight is 405 g/mol. The smallest absolute Gasteiger partial charge is 0.244 e. The van der Waals surface area contributed by atoms with Crippen LogP contribution in [0.4, 0.5) is 5.69 Å². The molecule has 26 heavy (non-hydrogen) atoms. The summed E-state index contributed by atoms with van der Waals surface area (Å²) in [5, 5.41) is 0. The highest BCUT2D eigenvalue weighted by molar-refractivity contribution is 7.92. The van der Waals surface area contributed by atoms with Gasteiger partial charge in [0.2, 0.25) is 26.0 Å². The van der Waals surface area contributed by atoms with E-state index >= 15 is 0 Å². The van der Waals surface area contributed by atoms with E-state index in [0.717, 1.165) is 14.9 Å². The molecule has 1 fully saturated rings. The summed E-state index contributed by atoms with van der Waals surface area (Å²) in [5.74, 6) is -0.407. The number of carbonyl (C=O) groups excluding carboxylic acids is 1. The molecule has 1 heterocycles. The van der Waals surface area contributed by atoms with E-state index < -0.39 is 32.5 Å². The Morgan fingerprint density at radius 1 is 1.12 bits per heavy atom. The highest BCUT2D eigenvalue weighted by atomic mass is 32.2. The van der Waals surface area contributed by atoms with Gasteiger partial charge >= 0.3 is 0 Å². The molecule has 0 N–H and O–H groups in total. The van der Waals surface area contributed by atoms with Crippen LogP contribution in [0.5, 0.6) is 0 Å². The molecule has 0 unspecified atom stereocenters. The number of hydrogen-bond donors (Lipinski definition) is 0. The summed E-state index contributed by atoms with van der Waals surface area (Å²) in [6.45, 7) is 1.04. The molecule has 1 aromatic carbocycles. The predicted molar refractivity (Wildman–Crippen MR) is 96.9 cm³/mol. The minimum atomic E-state index is -3.89. The zero-order valence-electron chi connectivity index (χ0n) is 15.0. The number of nitrogens with zero attached hydrogens (tertiary/aromatic N) is 3. The molecule has 2 rings (SSSR count). The zero-order chi connectivity index (χ0) is 19.5. The van der Waals surface area contributed by atoms with Crippen molar-refractivity contribution in [2.24, 2.45) is 0 Å². The van der Waals surface area contributed by atoms with Gasteiger partial charge in [-0.05, 0) is 12.1 Å². The van der Waals surface area contributed by atoms with E-state index in [4.69, 9.17) is 4.74 Å². The first-order valence-corrected chi connectivity index (χ1v) is 11.2. The molecule has 9 nitrogen and oxygen atoms in total. The van der Waals surface area contributed by atoms with Crippen LogP contribution < -0.4 is 4.31 Å². The third-order valence-electron chi connectivity index (χ3n) is 3.94. The first-order valence-electron chi connectivity index (χ1n) is 7.90. The molecule has 0 radical (unpaired) electrons. The fourth-order valence-electron chi connectivity index (χ4n) is 2.49. The molecule has 0 spiro atoms. The summed E-state index contributed by atoms with van der Waals surface area (Å²) >= 11 is 0. The lowest BCUT2D eigenvalue weighted by Gasteiger charge is -2.30. The number of morpholine rings is 1. The Kier molecular flexibility index (Phi) is 6.27. The van der Waals surface area contributed by atoms with Crippen LogP contribution in [-0.4, -0.2) is 85.1 Å². The molecule has 1 saturated heterocycles. The van der Waals surface area contributed by atoms with Crippen LogP contribution in [0.3, 0.4) is 0 Å². The van der Waals surface area contributed by atoms with Crippen LogP contribution in [0.25, 0.3) is 0 Å². The molecule has 1 aliphatic heterocycles. The van der Waals surface area contributed by atoms with Crippen LogP contribution in [0, 0.1) is 0 Å². The summed E-state index contributed by atoms with van der Waals surface area (Å²) < 4.78 is 56.8. The van der Waals surface area contributed by atoms with E-state index in [1.54, 1.807) is 0 Å². The predicted octanol–water partition coefficient (Wildman–Crippen LogP) is -0.438. The first-order chi connectivity index (χ1) is 12.0. The normalized spacial score (nSPS) is 15.9. The summed E-state index contributed by atoms with van der Waals surface area (Å²) in [6, 6.07) is 5.73. The largest absolute Gasteiger partial charge is 0.378 e. The molecule has 0 aromatic heterocycles. The first kappa shape index (κ1) is 20.6. The molecule has 0 aliphatic carbocycles. The Hall–Kier alpha value is -1.69. The van der Waals surface area contributed by atoms with E-state index in [-0.39, 0.29) is 10.6 Å². The van der Waals surface area contributed by atoms with Crippen molar-refractivity contribution in [1.29, 1.82) is 0 Å². The number of rotatable bonds is 6. The number of para-hydroxylation sites is 1. The Labute approximate surface area is 154 Å². The molecule has 1 aromatic rings. The number of sulfonamides is 2. The van der Waals surface area contributed by atoms with Gasteiger partial charge in [0, 0.05) is 27.2 Å². The highest BCUT2D eigenvalue weighted by Crippen LogP contribution is 2.28. The van der Waals surface area contributed by atoms with Gasteiger partial charge in [0.25, 0.3) is 0 Å². The van der Waals surface area contributed by atoms with Gasteiger partial charge in [-0.1, -0.05) is 12.1 Å². The minimum Gasteiger partial charge on any atom is -0.378 e. The number of ether oxygens (including phenoxy) is 1. The number of carbonyl (C=O) groups is 1. The molecule has 0 bridgehead atoms. The molecule has 0 saturated carbocycles. The van der Waals surface area contributed by atoms with Crippen molar-refractivity contribution < 1.29 is 26.4 Å². The standard InChI is InChI=1S/C15H23N3O6S2/c1-16(2)26(22,23)14-7-5-4-6-13(14)18(25(3,20)21)12-15(19)17-8-10-24-11-9-17/h4-7H,8-12H2,1-3H3. The van der Waals surface area contributed by atoms with Crippen molar-refractivity contribution in [2.75, 3.05) is 57.5 Å². The third kappa shape index (κ3) is 4.53. The number of anilines is 1. The van der Waals surface area contributed by atoms with Gasteiger partial charge in [0.1, 0.15) is 11.4 Å².